The fourth-order valence-corrected chi connectivity index (χ4v) is 0.766. The van der Waals surface area contributed by atoms with Crippen LogP contribution in [-0.2, 0) is 14.3 Å². The average Bonchev–Trinajstić information content (AvgIpc) is 2.37. The maximum absolute atomic E-state index is 10.4. The minimum absolute atomic E-state index is 0.0224. The van der Waals surface area contributed by atoms with E-state index >= 15 is 0 Å². The van der Waals surface area contributed by atoms with Crippen molar-refractivity contribution in [1.29, 1.82) is 0 Å². The number of hydrogen-bond acceptors (Lipinski definition) is 3. The van der Waals surface area contributed by atoms with E-state index in [4.69, 9.17) is 9.47 Å². The largest absolute Gasteiger partial charge is 0.379 e. The Morgan fingerprint density at radius 2 is 1.41 bits per heavy atom. The van der Waals surface area contributed by atoms with Crippen molar-refractivity contribution in [3.63, 3.8) is 0 Å². The van der Waals surface area contributed by atoms with Crippen LogP contribution in [0.4, 0.5) is 0 Å². The molecule has 0 aliphatic rings. The van der Waals surface area contributed by atoms with Crippen LogP contribution in [0, 0.1) is 0 Å². The summed E-state index contributed by atoms with van der Waals surface area (Å²) in [4.78, 5) is 10.4. The average molecular weight is 249 g/mol. The van der Waals surface area contributed by atoms with E-state index < -0.39 is 0 Å². The maximum atomic E-state index is 10.4. The molecule has 0 saturated heterocycles. The van der Waals surface area contributed by atoms with Gasteiger partial charge < -0.3 is 14.8 Å². The Morgan fingerprint density at radius 1 is 0.941 bits per heavy atom. The molecule has 0 spiro atoms. The van der Waals surface area contributed by atoms with E-state index in [0.717, 1.165) is 13.0 Å². The fraction of sp³-hybridized carbons (Fsp3) is 0.923. The van der Waals surface area contributed by atoms with Gasteiger partial charge in [-0.2, -0.15) is 0 Å². The van der Waals surface area contributed by atoms with Crippen molar-refractivity contribution in [2.75, 3.05) is 33.0 Å². The first-order chi connectivity index (χ1) is 8.27. The van der Waals surface area contributed by atoms with Crippen LogP contribution < -0.4 is 5.32 Å². The van der Waals surface area contributed by atoms with E-state index in [-0.39, 0.29) is 5.91 Å². The smallest absolute Gasteiger partial charge is 0.216 e. The Balaban J connectivity index is -0.000000439. The van der Waals surface area contributed by atoms with Crippen LogP contribution >= 0.6 is 0 Å². The van der Waals surface area contributed by atoms with Gasteiger partial charge in [0.25, 0.3) is 0 Å². The molecule has 0 fully saturated rings. The zero-order valence-corrected chi connectivity index (χ0v) is 12.5. The lowest BCUT2D eigenvalue weighted by molar-refractivity contribution is -0.119. The normalized spacial score (nSPS) is 8.35. The minimum atomic E-state index is -0.0224. The van der Waals surface area contributed by atoms with E-state index in [9.17, 15) is 4.79 Å². The van der Waals surface area contributed by atoms with Crippen LogP contribution in [0.15, 0.2) is 0 Å². The molecule has 0 saturated carbocycles. The standard InChI is InChI=1S/C9H19NO3.2C2H6/c1-3-5-12-7-8-13-6-4-10-9(2)11;2*1-2/h3-8H2,1-2H3,(H,10,11);2*1-2H3. The number of hydrogen-bond donors (Lipinski definition) is 1. The lowest BCUT2D eigenvalue weighted by Crippen LogP contribution is -2.24. The number of nitrogens with one attached hydrogen (secondary N) is 1. The molecule has 0 atom stereocenters. The number of carbonyl (C=O) groups is 1. The van der Waals surface area contributed by atoms with E-state index in [2.05, 4.69) is 12.2 Å². The zero-order valence-electron chi connectivity index (χ0n) is 12.5. The van der Waals surface area contributed by atoms with Gasteiger partial charge in [-0.05, 0) is 6.42 Å². The van der Waals surface area contributed by atoms with Gasteiger partial charge in [0.1, 0.15) is 0 Å². The van der Waals surface area contributed by atoms with Crippen molar-refractivity contribution in [3.05, 3.63) is 0 Å². The molecule has 106 valence electrons. The van der Waals surface area contributed by atoms with Crippen LogP contribution in [-0.4, -0.2) is 38.9 Å². The van der Waals surface area contributed by atoms with Crippen LogP contribution in [0.25, 0.3) is 0 Å². The third kappa shape index (κ3) is 31.3. The molecule has 0 bridgehead atoms. The van der Waals surface area contributed by atoms with E-state index in [1.807, 2.05) is 27.7 Å². The minimum Gasteiger partial charge on any atom is -0.379 e. The van der Waals surface area contributed by atoms with Gasteiger partial charge in [0.05, 0.1) is 19.8 Å². The van der Waals surface area contributed by atoms with E-state index in [1.165, 1.54) is 6.92 Å². The molecule has 0 aliphatic carbocycles. The molecule has 0 aromatic rings. The van der Waals surface area contributed by atoms with Gasteiger partial charge in [-0.15, -0.1) is 0 Å². The monoisotopic (exact) mass is 249 g/mol. The van der Waals surface area contributed by atoms with E-state index in [1.54, 1.807) is 0 Å². The highest BCUT2D eigenvalue weighted by Crippen LogP contribution is 1.81. The van der Waals surface area contributed by atoms with Crippen LogP contribution in [0.2, 0.25) is 0 Å². The van der Waals surface area contributed by atoms with Gasteiger partial charge in [0, 0.05) is 20.1 Å². The third-order valence-electron chi connectivity index (χ3n) is 1.34. The van der Waals surface area contributed by atoms with Crippen molar-refractivity contribution in [1.82, 2.24) is 5.32 Å². The number of amides is 1. The van der Waals surface area contributed by atoms with Gasteiger partial charge in [-0.1, -0.05) is 34.6 Å². The summed E-state index contributed by atoms with van der Waals surface area (Å²) >= 11 is 0. The topological polar surface area (TPSA) is 47.6 Å². The van der Waals surface area contributed by atoms with Gasteiger partial charge in [0.2, 0.25) is 5.91 Å². The molecule has 17 heavy (non-hydrogen) atoms. The fourth-order valence-electron chi connectivity index (χ4n) is 0.766. The van der Waals surface area contributed by atoms with Crippen molar-refractivity contribution < 1.29 is 14.3 Å². The van der Waals surface area contributed by atoms with E-state index in [0.29, 0.717) is 26.4 Å². The first-order valence-electron chi connectivity index (χ1n) is 6.67. The molecular formula is C13H31NO3. The second-order valence-electron chi connectivity index (χ2n) is 2.71. The summed E-state index contributed by atoms with van der Waals surface area (Å²) in [5, 5.41) is 2.64. The molecule has 1 N–H and O–H groups in total. The molecule has 1 amide bonds. The third-order valence-corrected chi connectivity index (χ3v) is 1.34. The van der Waals surface area contributed by atoms with Crippen LogP contribution in [0.3, 0.4) is 0 Å². The van der Waals surface area contributed by atoms with Crippen LogP contribution in [0.5, 0.6) is 0 Å². The summed E-state index contributed by atoms with van der Waals surface area (Å²) in [6.07, 6.45) is 1.03. The van der Waals surface area contributed by atoms with Crippen molar-refractivity contribution in [2.24, 2.45) is 0 Å². The number of rotatable bonds is 8. The maximum Gasteiger partial charge on any atom is 0.216 e. The quantitative estimate of drug-likeness (QED) is 0.673. The first-order valence-corrected chi connectivity index (χ1v) is 6.67. The first kappa shape index (κ1) is 21.7. The summed E-state index contributed by atoms with van der Waals surface area (Å²) in [5.41, 5.74) is 0. The molecule has 0 unspecified atom stereocenters. The summed E-state index contributed by atoms with van der Waals surface area (Å²) in [7, 11) is 0. The summed E-state index contributed by atoms with van der Waals surface area (Å²) in [6.45, 7) is 14.7. The van der Waals surface area contributed by atoms with Crippen molar-refractivity contribution >= 4 is 5.91 Å². The molecular weight excluding hydrogens is 218 g/mol. The Labute approximate surface area is 107 Å². The predicted octanol–water partition coefficient (Wildman–Crippen LogP) is 2.62. The molecule has 0 aromatic heterocycles. The molecule has 4 heteroatoms. The Morgan fingerprint density at radius 3 is 1.82 bits per heavy atom. The highest BCUT2D eigenvalue weighted by Gasteiger charge is 1.91. The second kappa shape index (κ2) is 24.6. The molecule has 0 rings (SSSR count). The zero-order chi connectivity index (χ0) is 13.9. The number of ether oxygens (including phenoxy) is 2. The van der Waals surface area contributed by atoms with Gasteiger partial charge >= 0.3 is 0 Å². The Hall–Kier alpha value is -0.610. The highest BCUT2D eigenvalue weighted by molar-refractivity contribution is 5.72. The molecule has 0 aliphatic heterocycles. The number of carbonyl (C=O) groups excluding carboxylic acids is 1. The van der Waals surface area contributed by atoms with Crippen molar-refractivity contribution in [3.8, 4) is 0 Å². The summed E-state index contributed by atoms with van der Waals surface area (Å²) in [6, 6.07) is 0. The Bertz CT molecular complexity index is 130. The van der Waals surface area contributed by atoms with Crippen molar-refractivity contribution in [2.45, 2.75) is 48.0 Å². The predicted molar refractivity (Wildman–Crippen MR) is 73.3 cm³/mol. The summed E-state index contributed by atoms with van der Waals surface area (Å²) in [5.74, 6) is -0.0224. The molecule has 0 radical (unpaired) electrons. The lowest BCUT2D eigenvalue weighted by Gasteiger charge is -2.04. The van der Waals surface area contributed by atoms with Gasteiger partial charge in [-0.25, -0.2) is 0 Å². The molecule has 4 nitrogen and oxygen atoms in total. The van der Waals surface area contributed by atoms with Gasteiger partial charge in [-0.3, -0.25) is 4.79 Å². The summed E-state index contributed by atoms with van der Waals surface area (Å²) < 4.78 is 10.4. The molecule has 0 aromatic carbocycles. The second-order valence-corrected chi connectivity index (χ2v) is 2.71. The highest BCUT2D eigenvalue weighted by atomic mass is 16.5. The lowest BCUT2D eigenvalue weighted by atomic mass is 10.5. The SMILES string of the molecule is CC.CC.CCCOCCOCCNC(C)=O. The van der Waals surface area contributed by atoms with Gasteiger partial charge in [0.15, 0.2) is 0 Å². The molecule has 0 heterocycles. The van der Waals surface area contributed by atoms with Crippen LogP contribution in [0.1, 0.15) is 48.0 Å². The Kier molecular flexibility index (Phi) is 31.3.